The van der Waals surface area contributed by atoms with E-state index in [1.54, 1.807) is 0 Å². The van der Waals surface area contributed by atoms with Gasteiger partial charge in [0.15, 0.2) is 23.9 Å². The highest BCUT2D eigenvalue weighted by Crippen LogP contribution is 2.31. The lowest BCUT2D eigenvalue weighted by Gasteiger charge is -2.42. The summed E-state index contributed by atoms with van der Waals surface area (Å²) in [5.74, 6) is -4.12. The molecule has 1 rings (SSSR count). The van der Waals surface area contributed by atoms with E-state index in [9.17, 15) is 19.2 Å². The molecule has 1 heterocycles. The van der Waals surface area contributed by atoms with Crippen molar-refractivity contribution >= 4 is 58.7 Å². The van der Waals surface area contributed by atoms with Crippen molar-refractivity contribution in [1.29, 1.82) is 0 Å². The van der Waals surface area contributed by atoms with E-state index in [-0.39, 0.29) is 6.61 Å². The van der Waals surface area contributed by atoms with Gasteiger partial charge >= 0.3 is 23.9 Å². The summed E-state index contributed by atoms with van der Waals surface area (Å²) < 4.78 is 25.6. The van der Waals surface area contributed by atoms with Gasteiger partial charge in [0.25, 0.3) is 0 Å². The van der Waals surface area contributed by atoms with E-state index >= 15 is 0 Å². The zero-order chi connectivity index (χ0) is 19.9. The van der Waals surface area contributed by atoms with Crippen LogP contribution in [-0.4, -0.2) is 72.2 Å². The Morgan fingerprint density at radius 3 is 1.85 bits per heavy atom. The van der Waals surface area contributed by atoms with Gasteiger partial charge in [0, 0.05) is 13.8 Å². The predicted molar refractivity (Wildman–Crippen MR) is 87.9 cm³/mol. The average molecular weight is 436 g/mol. The van der Waals surface area contributed by atoms with Crippen LogP contribution < -0.4 is 0 Å². The van der Waals surface area contributed by atoms with Crippen molar-refractivity contribution < 1.29 is 42.9 Å². The zero-order valence-electron chi connectivity index (χ0n) is 13.8. The minimum absolute atomic E-state index is 0.361. The highest BCUT2D eigenvalue weighted by molar-refractivity contribution is 6.26. The van der Waals surface area contributed by atoms with E-state index < -0.39 is 65.6 Å². The number of carbonyl (C=O) groups is 4. The zero-order valence-corrected chi connectivity index (χ0v) is 16.1. The summed E-state index contributed by atoms with van der Waals surface area (Å²) in [6.07, 6.45) is -5.07. The first kappa shape index (κ1) is 22.8. The van der Waals surface area contributed by atoms with Crippen LogP contribution >= 0.6 is 34.8 Å². The van der Waals surface area contributed by atoms with Crippen LogP contribution in [0.3, 0.4) is 0 Å². The molecule has 1 saturated heterocycles. The molecule has 0 aromatic carbocycles. The van der Waals surface area contributed by atoms with Crippen molar-refractivity contribution in [3.8, 4) is 0 Å². The first-order valence-electron chi connectivity index (χ1n) is 7.30. The van der Waals surface area contributed by atoms with Crippen molar-refractivity contribution in [2.24, 2.45) is 0 Å². The van der Waals surface area contributed by atoms with Crippen LogP contribution in [0.25, 0.3) is 0 Å². The number of hydrogen-bond donors (Lipinski definition) is 0. The van der Waals surface area contributed by atoms with Crippen LogP contribution in [0.2, 0.25) is 0 Å². The van der Waals surface area contributed by atoms with Crippen LogP contribution in [0.5, 0.6) is 0 Å². The molecule has 9 nitrogen and oxygen atoms in total. The first-order valence-corrected chi connectivity index (χ1v) is 8.81. The fraction of sp³-hybridized carbons (Fsp3) is 0.714. The lowest BCUT2D eigenvalue weighted by molar-refractivity contribution is -0.238. The monoisotopic (exact) mass is 434 g/mol. The molecule has 0 saturated carbocycles. The van der Waals surface area contributed by atoms with Gasteiger partial charge in [-0.05, 0) is 0 Å². The maximum atomic E-state index is 11.7. The van der Waals surface area contributed by atoms with Crippen LogP contribution in [0.4, 0.5) is 0 Å². The third-order valence-corrected chi connectivity index (χ3v) is 3.87. The first-order chi connectivity index (χ1) is 12.2. The highest BCUT2D eigenvalue weighted by Gasteiger charge is 2.51. The maximum Gasteiger partial charge on any atom is 0.321 e. The number of esters is 4. The molecule has 26 heavy (non-hydrogen) atoms. The number of ether oxygens (including phenoxy) is 5. The van der Waals surface area contributed by atoms with E-state index in [1.165, 1.54) is 0 Å². The lowest BCUT2D eigenvalue weighted by atomic mass is 9.99. The third kappa shape index (κ3) is 6.79. The molecule has 1 fully saturated rings. The van der Waals surface area contributed by atoms with Gasteiger partial charge in [-0.15, -0.1) is 23.2 Å². The average Bonchev–Trinajstić information content (AvgIpc) is 2.57. The van der Waals surface area contributed by atoms with Crippen molar-refractivity contribution in [1.82, 2.24) is 0 Å². The van der Waals surface area contributed by atoms with E-state index in [1.807, 2.05) is 0 Å². The van der Waals surface area contributed by atoms with Crippen molar-refractivity contribution in [2.75, 3.05) is 18.4 Å². The molecule has 0 aromatic rings. The number of rotatable bonds is 7. The molecule has 0 spiro atoms. The van der Waals surface area contributed by atoms with Gasteiger partial charge in [-0.1, -0.05) is 11.6 Å². The third-order valence-electron chi connectivity index (χ3n) is 3.08. The Bertz CT molecular complexity index is 542. The largest absolute Gasteiger partial charge is 0.463 e. The van der Waals surface area contributed by atoms with Crippen LogP contribution in [0.1, 0.15) is 13.8 Å². The Hall–Kier alpha value is -1.29. The molecule has 0 bridgehead atoms. The topological polar surface area (TPSA) is 114 Å². The molecule has 12 heteroatoms. The second-order valence-electron chi connectivity index (χ2n) is 5.08. The summed E-state index contributed by atoms with van der Waals surface area (Å²) >= 11 is 16.9. The number of alkyl halides is 3. The molecule has 1 aliphatic rings. The molecule has 1 aliphatic heterocycles. The fourth-order valence-corrected chi connectivity index (χ4v) is 2.61. The summed E-state index contributed by atoms with van der Waals surface area (Å²) in [6, 6.07) is 0. The number of hydrogen-bond acceptors (Lipinski definition) is 9. The van der Waals surface area contributed by atoms with Crippen LogP contribution in [0, 0.1) is 0 Å². The molecule has 5 atom stereocenters. The minimum atomic E-state index is -1.35. The molecule has 0 unspecified atom stereocenters. The van der Waals surface area contributed by atoms with E-state index in [4.69, 9.17) is 58.5 Å². The maximum absolute atomic E-state index is 11.7. The second-order valence-corrected chi connectivity index (χ2v) is 6.04. The second kappa shape index (κ2) is 10.8. The van der Waals surface area contributed by atoms with E-state index in [0.29, 0.717) is 0 Å². The SMILES string of the molecule is CC(=O)OC[C@H]1O[C@H](Cl)[C@H](OC(C)=O)[C@@H](OC(=O)CCl)[C@H]1OC(=O)CCl. The van der Waals surface area contributed by atoms with Crippen LogP contribution in [-0.2, 0) is 42.9 Å². The normalized spacial score (nSPS) is 28.0. The molecular formula is C14H17Cl3O9. The van der Waals surface area contributed by atoms with Crippen molar-refractivity contribution in [3.05, 3.63) is 0 Å². The van der Waals surface area contributed by atoms with Gasteiger partial charge in [0.1, 0.15) is 24.5 Å². The Balaban J connectivity index is 3.16. The Kier molecular flexibility index (Phi) is 9.42. The van der Waals surface area contributed by atoms with Gasteiger partial charge in [0.05, 0.1) is 0 Å². The van der Waals surface area contributed by atoms with Crippen molar-refractivity contribution in [2.45, 2.75) is 43.8 Å². The molecular weight excluding hydrogens is 419 g/mol. The standard InChI is InChI=1S/C14H17Cl3O9/c1-6(18)22-5-8-11(25-9(20)3-15)12(26-10(21)4-16)13(14(17)24-8)23-7(2)19/h8,11-14H,3-5H2,1-2H3/t8-,11+,12+,13-,14+/m1/s1. The Morgan fingerprint density at radius 2 is 1.38 bits per heavy atom. The van der Waals surface area contributed by atoms with E-state index in [0.717, 1.165) is 13.8 Å². The molecule has 148 valence electrons. The number of carbonyl (C=O) groups excluding carboxylic acids is 4. The molecule has 0 radical (unpaired) electrons. The summed E-state index contributed by atoms with van der Waals surface area (Å²) in [7, 11) is 0. The Labute approximate surface area is 164 Å². The summed E-state index contributed by atoms with van der Waals surface area (Å²) in [4.78, 5) is 45.7. The molecule has 0 amide bonds. The summed E-state index contributed by atoms with van der Waals surface area (Å²) in [5, 5.41) is 0. The quantitative estimate of drug-likeness (QED) is 0.324. The minimum Gasteiger partial charge on any atom is -0.463 e. The Morgan fingerprint density at radius 1 is 0.846 bits per heavy atom. The summed E-state index contributed by atoms with van der Waals surface area (Å²) in [5.41, 5.74) is -1.28. The van der Waals surface area contributed by atoms with E-state index in [2.05, 4.69) is 0 Å². The lowest BCUT2D eigenvalue weighted by Crippen LogP contribution is -2.61. The molecule has 0 aromatic heterocycles. The predicted octanol–water partition coefficient (Wildman–Crippen LogP) is 0.746. The van der Waals surface area contributed by atoms with Gasteiger partial charge in [-0.25, -0.2) is 0 Å². The number of halogens is 3. The fourth-order valence-electron chi connectivity index (χ4n) is 2.16. The van der Waals surface area contributed by atoms with Gasteiger partial charge in [0.2, 0.25) is 0 Å². The van der Waals surface area contributed by atoms with Gasteiger partial charge in [-0.2, -0.15) is 0 Å². The smallest absolute Gasteiger partial charge is 0.321 e. The molecule has 0 N–H and O–H groups in total. The van der Waals surface area contributed by atoms with Crippen LogP contribution in [0.15, 0.2) is 0 Å². The van der Waals surface area contributed by atoms with Gasteiger partial charge < -0.3 is 23.7 Å². The summed E-state index contributed by atoms with van der Waals surface area (Å²) in [6.45, 7) is 1.91. The molecule has 0 aliphatic carbocycles. The van der Waals surface area contributed by atoms with Crippen molar-refractivity contribution in [3.63, 3.8) is 0 Å². The van der Waals surface area contributed by atoms with Gasteiger partial charge in [-0.3, -0.25) is 19.2 Å². The highest BCUT2D eigenvalue weighted by atomic mass is 35.5.